The third kappa shape index (κ3) is 3.29. The molecule has 1 aromatic heterocycles. The number of hydrogen-bond donors (Lipinski definition) is 3. The van der Waals surface area contributed by atoms with Gasteiger partial charge in [0.15, 0.2) is 5.16 Å². The van der Waals surface area contributed by atoms with E-state index in [4.69, 9.17) is 5.73 Å². The predicted molar refractivity (Wildman–Crippen MR) is 78.1 cm³/mol. The molecule has 0 saturated carbocycles. The van der Waals surface area contributed by atoms with Crippen LogP contribution in [0.25, 0.3) is 0 Å². The number of nitrogens with zero attached hydrogens (tertiary/aromatic N) is 1. The largest absolute Gasteiger partial charge is 0.398 e. The Morgan fingerprint density at radius 2 is 2.32 bits per heavy atom. The molecule has 1 unspecified atom stereocenters. The van der Waals surface area contributed by atoms with E-state index in [0.717, 1.165) is 16.4 Å². The molecule has 0 fully saturated rings. The number of nitrogen functional groups attached to an aromatic ring is 1. The standard InChI is InChI=1S/C13H16N4OS/c1-8-10(14)4-3-5-11(8)17-12(18)9(2)19-13-15-6-7-16-13/h3-7,9H,14H2,1-2H3,(H,15,16)(H,17,18). The highest BCUT2D eigenvalue weighted by Crippen LogP contribution is 2.23. The van der Waals surface area contributed by atoms with Crippen LogP contribution in [0.15, 0.2) is 35.7 Å². The zero-order valence-electron chi connectivity index (χ0n) is 10.8. The number of imidazole rings is 1. The Morgan fingerprint density at radius 3 is 3.00 bits per heavy atom. The normalized spacial score (nSPS) is 12.1. The Morgan fingerprint density at radius 1 is 1.53 bits per heavy atom. The second-order valence-electron chi connectivity index (χ2n) is 4.16. The molecule has 0 aliphatic rings. The lowest BCUT2D eigenvalue weighted by Gasteiger charge is -2.13. The van der Waals surface area contributed by atoms with Crippen molar-refractivity contribution in [3.8, 4) is 0 Å². The first-order chi connectivity index (χ1) is 9.08. The number of rotatable bonds is 4. The van der Waals surface area contributed by atoms with Gasteiger partial charge in [-0.25, -0.2) is 4.98 Å². The van der Waals surface area contributed by atoms with Crippen molar-refractivity contribution < 1.29 is 4.79 Å². The highest BCUT2D eigenvalue weighted by atomic mass is 32.2. The Kier molecular flexibility index (Phi) is 4.11. The zero-order valence-corrected chi connectivity index (χ0v) is 11.6. The third-order valence-corrected chi connectivity index (χ3v) is 3.78. The van der Waals surface area contributed by atoms with Gasteiger partial charge in [0, 0.05) is 23.8 Å². The van der Waals surface area contributed by atoms with Crippen LogP contribution in [0.5, 0.6) is 0 Å². The number of H-pyrrole nitrogens is 1. The van der Waals surface area contributed by atoms with Crippen molar-refractivity contribution in [1.82, 2.24) is 9.97 Å². The second kappa shape index (κ2) is 5.79. The summed E-state index contributed by atoms with van der Waals surface area (Å²) < 4.78 is 0. The summed E-state index contributed by atoms with van der Waals surface area (Å²) in [5.41, 5.74) is 8.11. The van der Waals surface area contributed by atoms with Gasteiger partial charge in [-0.05, 0) is 31.5 Å². The predicted octanol–water partition coefficient (Wildman–Crippen LogP) is 2.42. The minimum absolute atomic E-state index is 0.0740. The van der Waals surface area contributed by atoms with Crippen LogP contribution in [0.2, 0.25) is 0 Å². The molecular weight excluding hydrogens is 260 g/mol. The van der Waals surface area contributed by atoms with Gasteiger partial charge in [-0.1, -0.05) is 17.8 Å². The zero-order chi connectivity index (χ0) is 13.8. The fraction of sp³-hybridized carbons (Fsp3) is 0.231. The highest BCUT2D eigenvalue weighted by molar-refractivity contribution is 8.00. The van der Waals surface area contributed by atoms with Crippen molar-refractivity contribution in [3.05, 3.63) is 36.2 Å². The minimum atomic E-state index is -0.244. The SMILES string of the molecule is Cc1c(N)cccc1NC(=O)C(C)Sc1ncc[nH]1. The van der Waals surface area contributed by atoms with Gasteiger partial charge in [-0.2, -0.15) is 0 Å². The first-order valence-electron chi connectivity index (χ1n) is 5.90. The van der Waals surface area contributed by atoms with Crippen LogP contribution in [0, 0.1) is 6.92 Å². The number of benzene rings is 1. The number of carbonyl (C=O) groups excluding carboxylic acids is 1. The number of thioether (sulfide) groups is 1. The van der Waals surface area contributed by atoms with Crippen molar-refractivity contribution in [2.24, 2.45) is 0 Å². The molecule has 2 rings (SSSR count). The van der Waals surface area contributed by atoms with E-state index in [2.05, 4.69) is 15.3 Å². The second-order valence-corrected chi connectivity index (χ2v) is 5.49. The van der Waals surface area contributed by atoms with Crippen molar-refractivity contribution in [1.29, 1.82) is 0 Å². The Hall–Kier alpha value is -1.95. The quantitative estimate of drug-likeness (QED) is 0.591. The van der Waals surface area contributed by atoms with E-state index in [1.807, 2.05) is 32.0 Å². The van der Waals surface area contributed by atoms with Crippen LogP contribution < -0.4 is 11.1 Å². The number of amides is 1. The lowest BCUT2D eigenvalue weighted by molar-refractivity contribution is -0.115. The maximum absolute atomic E-state index is 12.1. The van der Waals surface area contributed by atoms with Crippen LogP contribution >= 0.6 is 11.8 Å². The summed E-state index contributed by atoms with van der Waals surface area (Å²) >= 11 is 1.38. The smallest absolute Gasteiger partial charge is 0.237 e. The van der Waals surface area contributed by atoms with Crippen molar-refractivity contribution in [3.63, 3.8) is 0 Å². The molecule has 1 amide bonds. The summed E-state index contributed by atoms with van der Waals surface area (Å²) in [7, 11) is 0. The summed E-state index contributed by atoms with van der Waals surface area (Å²) in [5, 5.41) is 3.37. The molecule has 0 saturated heterocycles. The topological polar surface area (TPSA) is 83.8 Å². The monoisotopic (exact) mass is 276 g/mol. The third-order valence-electron chi connectivity index (χ3n) is 2.76. The molecule has 5 nitrogen and oxygen atoms in total. The molecule has 2 aromatic rings. The van der Waals surface area contributed by atoms with Gasteiger partial charge < -0.3 is 16.0 Å². The van der Waals surface area contributed by atoms with Crippen LogP contribution in [-0.4, -0.2) is 21.1 Å². The lowest BCUT2D eigenvalue weighted by atomic mass is 10.1. The molecule has 0 aliphatic carbocycles. The molecule has 4 N–H and O–H groups in total. The van der Waals surface area contributed by atoms with Gasteiger partial charge in [-0.3, -0.25) is 4.79 Å². The van der Waals surface area contributed by atoms with Gasteiger partial charge >= 0.3 is 0 Å². The number of carbonyl (C=O) groups is 1. The molecule has 1 atom stereocenters. The van der Waals surface area contributed by atoms with Crippen LogP contribution in [0.3, 0.4) is 0 Å². The molecule has 0 aliphatic heterocycles. The fourth-order valence-corrected chi connectivity index (χ4v) is 2.32. The van der Waals surface area contributed by atoms with Crippen LogP contribution in [0.4, 0.5) is 11.4 Å². The average molecular weight is 276 g/mol. The minimum Gasteiger partial charge on any atom is -0.398 e. The Balaban J connectivity index is 2.02. The van der Waals surface area contributed by atoms with Crippen molar-refractivity contribution >= 4 is 29.0 Å². The summed E-state index contributed by atoms with van der Waals surface area (Å²) in [5.74, 6) is -0.0740. The van der Waals surface area contributed by atoms with E-state index < -0.39 is 0 Å². The Bertz CT molecular complexity index is 568. The molecular formula is C13H16N4OS. The summed E-state index contributed by atoms with van der Waals surface area (Å²) in [4.78, 5) is 19.1. The van der Waals surface area contributed by atoms with E-state index in [-0.39, 0.29) is 11.2 Å². The number of aromatic nitrogens is 2. The maximum atomic E-state index is 12.1. The van der Waals surface area contributed by atoms with Gasteiger partial charge in [0.05, 0.1) is 5.25 Å². The van der Waals surface area contributed by atoms with E-state index in [9.17, 15) is 4.79 Å². The molecule has 1 aromatic carbocycles. The Labute approximate surface area is 116 Å². The van der Waals surface area contributed by atoms with Gasteiger partial charge in [0.25, 0.3) is 0 Å². The molecule has 19 heavy (non-hydrogen) atoms. The molecule has 1 heterocycles. The number of nitrogens with one attached hydrogen (secondary N) is 2. The fourth-order valence-electron chi connectivity index (χ4n) is 1.56. The van der Waals surface area contributed by atoms with E-state index in [0.29, 0.717) is 5.69 Å². The molecule has 0 radical (unpaired) electrons. The summed E-state index contributed by atoms with van der Waals surface area (Å²) in [6.45, 7) is 3.72. The number of aromatic amines is 1. The summed E-state index contributed by atoms with van der Waals surface area (Å²) in [6.07, 6.45) is 3.39. The molecule has 0 bridgehead atoms. The highest BCUT2D eigenvalue weighted by Gasteiger charge is 2.16. The van der Waals surface area contributed by atoms with Gasteiger partial charge in [0.1, 0.15) is 0 Å². The van der Waals surface area contributed by atoms with Crippen LogP contribution in [-0.2, 0) is 4.79 Å². The van der Waals surface area contributed by atoms with Crippen molar-refractivity contribution in [2.45, 2.75) is 24.3 Å². The molecule has 100 valence electrons. The number of hydrogen-bond acceptors (Lipinski definition) is 4. The average Bonchev–Trinajstić information content (AvgIpc) is 2.87. The van der Waals surface area contributed by atoms with Gasteiger partial charge in [0.2, 0.25) is 5.91 Å². The first-order valence-corrected chi connectivity index (χ1v) is 6.78. The lowest BCUT2D eigenvalue weighted by Crippen LogP contribution is -2.23. The number of nitrogens with two attached hydrogens (primary N) is 1. The number of anilines is 2. The molecule has 6 heteroatoms. The summed E-state index contributed by atoms with van der Waals surface area (Å²) in [6, 6.07) is 5.47. The van der Waals surface area contributed by atoms with Gasteiger partial charge in [-0.15, -0.1) is 0 Å². The first kappa shape index (κ1) is 13.5. The van der Waals surface area contributed by atoms with E-state index in [1.165, 1.54) is 11.8 Å². The van der Waals surface area contributed by atoms with E-state index in [1.54, 1.807) is 12.4 Å². The maximum Gasteiger partial charge on any atom is 0.237 e. The van der Waals surface area contributed by atoms with Crippen LogP contribution in [0.1, 0.15) is 12.5 Å². The van der Waals surface area contributed by atoms with E-state index >= 15 is 0 Å². The van der Waals surface area contributed by atoms with Crippen molar-refractivity contribution in [2.75, 3.05) is 11.1 Å². The molecule has 0 spiro atoms.